The van der Waals surface area contributed by atoms with Gasteiger partial charge in [0, 0.05) is 39.0 Å². The van der Waals surface area contributed by atoms with E-state index in [1.165, 1.54) is 6.42 Å². The van der Waals surface area contributed by atoms with Gasteiger partial charge in [-0.05, 0) is 30.4 Å². The fourth-order valence-electron chi connectivity index (χ4n) is 4.18. The van der Waals surface area contributed by atoms with Gasteiger partial charge in [-0.2, -0.15) is 4.52 Å². The molecule has 2 fully saturated rings. The van der Waals surface area contributed by atoms with Gasteiger partial charge in [-0.3, -0.25) is 4.79 Å². The standard InChI is InChI=1S/C19H28N6O2/c1-14-11-15(2)13-24(12-14)19(26)6-5-17-21-20-16-3-4-18(22-25(16)17)23-7-9-27-10-8-23/h3-4,14-15H,5-13H2,1-2H3/t14-,15-/m1/s1. The number of morpholine rings is 1. The first-order chi connectivity index (χ1) is 13.1. The summed E-state index contributed by atoms with van der Waals surface area (Å²) in [5.74, 6) is 2.99. The largest absolute Gasteiger partial charge is 0.378 e. The van der Waals surface area contributed by atoms with E-state index < -0.39 is 0 Å². The molecule has 146 valence electrons. The van der Waals surface area contributed by atoms with Crippen LogP contribution in [-0.2, 0) is 16.0 Å². The number of amides is 1. The average Bonchev–Trinajstić information content (AvgIpc) is 3.08. The molecule has 1 amide bonds. The first kappa shape index (κ1) is 18.2. The lowest BCUT2D eigenvalue weighted by atomic mass is 9.91. The maximum Gasteiger partial charge on any atom is 0.223 e. The van der Waals surface area contributed by atoms with Crippen LogP contribution in [0.5, 0.6) is 0 Å². The van der Waals surface area contributed by atoms with E-state index >= 15 is 0 Å². The number of fused-ring (bicyclic) bond motifs is 1. The highest BCUT2D eigenvalue weighted by Crippen LogP contribution is 2.22. The van der Waals surface area contributed by atoms with Gasteiger partial charge in [-0.1, -0.05) is 13.8 Å². The van der Waals surface area contributed by atoms with Gasteiger partial charge in [0.1, 0.15) is 5.82 Å². The molecule has 2 aliphatic rings. The van der Waals surface area contributed by atoms with Gasteiger partial charge >= 0.3 is 0 Å². The van der Waals surface area contributed by atoms with Crippen LogP contribution in [0.4, 0.5) is 5.82 Å². The molecule has 0 aromatic carbocycles. The molecule has 4 heterocycles. The van der Waals surface area contributed by atoms with E-state index in [0.717, 1.165) is 56.7 Å². The molecule has 0 radical (unpaired) electrons. The molecule has 0 bridgehead atoms. The summed E-state index contributed by atoms with van der Waals surface area (Å²) in [5, 5.41) is 13.2. The van der Waals surface area contributed by atoms with Crippen molar-refractivity contribution >= 4 is 17.4 Å². The van der Waals surface area contributed by atoms with Crippen LogP contribution in [-0.4, -0.2) is 70.0 Å². The van der Waals surface area contributed by atoms with Gasteiger partial charge in [-0.15, -0.1) is 15.3 Å². The van der Waals surface area contributed by atoms with Gasteiger partial charge in [0.25, 0.3) is 0 Å². The number of aromatic nitrogens is 4. The Morgan fingerprint density at radius 3 is 2.63 bits per heavy atom. The summed E-state index contributed by atoms with van der Waals surface area (Å²) in [6.07, 6.45) is 2.20. The van der Waals surface area contributed by atoms with E-state index in [4.69, 9.17) is 9.84 Å². The summed E-state index contributed by atoms with van der Waals surface area (Å²) in [6, 6.07) is 3.91. The van der Waals surface area contributed by atoms with Crippen molar-refractivity contribution in [3.05, 3.63) is 18.0 Å². The average molecular weight is 372 g/mol. The van der Waals surface area contributed by atoms with Gasteiger partial charge in [0.15, 0.2) is 11.5 Å². The Kier molecular flexibility index (Phi) is 5.24. The lowest BCUT2D eigenvalue weighted by Crippen LogP contribution is -2.42. The number of aryl methyl sites for hydroxylation is 1. The number of hydrogen-bond donors (Lipinski definition) is 0. The molecular weight excluding hydrogens is 344 g/mol. The third kappa shape index (κ3) is 4.05. The number of hydrogen-bond acceptors (Lipinski definition) is 6. The van der Waals surface area contributed by atoms with Gasteiger partial charge < -0.3 is 14.5 Å². The first-order valence-corrected chi connectivity index (χ1v) is 9.92. The second-order valence-electron chi connectivity index (χ2n) is 7.92. The molecule has 0 spiro atoms. The van der Waals surface area contributed by atoms with Gasteiger partial charge in [-0.25, -0.2) is 0 Å². The molecule has 2 aliphatic heterocycles. The number of rotatable bonds is 4. The molecule has 8 heteroatoms. The Morgan fingerprint density at radius 1 is 1.15 bits per heavy atom. The fraction of sp³-hybridized carbons (Fsp3) is 0.684. The summed E-state index contributed by atoms with van der Waals surface area (Å²) >= 11 is 0. The van der Waals surface area contributed by atoms with E-state index in [0.29, 0.717) is 24.7 Å². The van der Waals surface area contributed by atoms with Crippen molar-refractivity contribution in [2.75, 3.05) is 44.3 Å². The third-order valence-corrected chi connectivity index (χ3v) is 5.43. The van der Waals surface area contributed by atoms with Crippen LogP contribution in [0.3, 0.4) is 0 Å². The second kappa shape index (κ2) is 7.80. The topological polar surface area (TPSA) is 75.9 Å². The Morgan fingerprint density at radius 2 is 1.89 bits per heavy atom. The van der Waals surface area contributed by atoms with Gasteiger partial charge in [0.05, 0.1) is 13.2 Å². The van der Waals surface area contributed by atoms with Crippen molar-refractivity contribution in [2.45, 2.75) is 33.1 Å². The Balaban J connectivity index is 1.44. The Labute approximate surface area is 159 Å². The second-order valence-corrected chi connectivity index (χ2v) is 7.92. The Hall–Kier alpha value is -2.22. The van der Waals surface area contributed by atoms with Crippen LogP contribution in [0.2, 0.25) is 0 Å². The number of anilines is 1. The molecule has 0 unspecified atom stereocenters. The van der Waals surface area contributed by atoms with Crippen LogP contribution in [0.15, 0.2) is 12.1 Å². The van der Waals surface area contributed by atoms with Crippen LogP contribution >= 0.6 is 0 Å². The predicted molar refractivity (Wildman–Crippen MR) is 102 cm³/mol. The fourth-order valence-corrected chi connectivity index (χ4v) is 4.18. The number of carbonyl (C=O) groups excluding carboxylic acids is 1. The number of ether oxygens (including phenoxy) is 1. The van der Waals surface area contributed by atoms with Crippen molar-refractivity contribution in [1.29, 1.82) is 0 Å². The lowest BCUT2D eigenvalue weighted by molar-refractivity contribution is -0.133. The molecule has 2 aromatic heterocycles. The van der Waals surface area contributed by atoms with Crippen LogP contribution < -0.4 is 4.90 Å². The number of piperidine rings is 1. The smallest absolute Gasteiger partial charge is 0.223 e. The van der Waals surface area contributed by atoms with Crippen molar-refractivity contribution in [1.82, 2.24) is 24.7 Å². The normalized spacial score (nSPS) is 23.8. The minimum atomic E-state index is 0.203. The van der Waals surface area contributed by atoms with Crippen molar-refractivity contribution in [3.63, 3.8) is 0 Å². The van der Waals surface area contributed by atoms with Gasteiger partial charge in [0.2, 0.25) is 5.91 Å². The highest BCUT2D eigenvalue weighted by atomic mass is 16.5. The molecule has 0 saturated carbocycles. The number of likely N-dealkylation sites (tertiary alicyclic amines) is 1. The maximum absolute atomic E-state index is 12.7. The van der Waals surface area contributed by atoms with E-state index in [-0.39, 0.29) is 5.91 Å². The summed E-state index contributed by atoms with van der Waals surface area (Å²) in [4.78, 5) is 16.9. The predicted octanol–water partition coefficient (Wildman–Crippen LogP) is 1.40. The summed E-state index contributed by atoms with van der Waals surface area (Å²) in [6.45, 7) is 9.27. The molecule has 0 aliphatic carbocycles. The quantitative estimate of drug-likeness (QED) is 0.807. The summed E-state index contributed by atoms with van der Waals surface area (Å²) in [5.41, 5.74) is 0.717. The third-order valence-electron chi connectivity index (χ3n) is 5.43. The molecule has 27 heavy (non-hydrogen) atoms. The van der Waals surface area contributed by atoms with Crippen LogP contribution in [0.25, 0.3) is 5.65 Å². The molecular formula is C19H28N6O2. The van der Waals surface area contributed by atoms with E-state index in [1.54, 1.807) is 4.52 Å². The Bertz CT molecular complexity index is 791. The van der Waals surface area contributed by atoms with Crippen molar-refractivity contribution in [3.8, 4) is 0 Å². The zero-order chi connectivity index (χ0) is 18.8. The molecule has 2 saturated heterocycles. The zero-order valence-corrected chi connectivity index (χ0v) is 16.2. The number of carbonyl (C=O) groups is 1. The highest BCUT2D eigenvalue weighted by Gasteiger charge is 2.25. The minimum Gasteiger partial charge on any atom is -0.378 e. The summed E-state index contributed by atoms with van der Waals surface area (Å²) < 4.78 is 7.19. The highest BCUT2D eigenvalue weighted by molar-refractivity contribution is 5.76. The minimum absolute atomic E-state index is 0.203. The molecule has 4 rings (SSSR count). The zero-order valence-electron chi connectivity index (χ0n) is 16.2. The molecule has 2 aromatic rings. The first-order valence-electron chi connectivity index (χ1n) is 9.92. The summed E-state index contributed by atoms with van der Waals surface area (Å²) in [7, 11) is 0. The van der Waals surface area contributed by atoms with E-state index in [1.807, 2.05) is 17.0 Å². The monoisotopic (exact) mass is 372 g/mol. The SMILES string of the molecule is C[C@@H]1C[C@@H](C)CN(C(=O)CCc2nnc3ccc(N4CCOCC4)nn23)C1. The van der Waals surface area contributed by atoms with E-state index in [2.05, 4.69) is 28.9 Å². The van der Waals surface area contributed by atoms with Crippen LogP contribution in [0, 0.1) is 11.8 Å². The molecule has 2 atom stereocenters. The van der Waals surface area contributed by atoms with Crippen molar-refractivity contribution in [2.24, 2.45) is 11.8 Å². The van der Waals surface area contributed by atoms with E-state index in [9.17, 15) is 4.79 Å². The van der Waals surface area contributed by atoms with Crippen LogP contribution in [0.1, 0.15) is 32.5 Å². The lowest BCUT2D eigenvalue weighted by Gasteiger charge is -2.35. The molecule has 8 nitrogen and oxygen atoms in total. The number of nitrogens with zero attached hydrogens (tertiary/aromatic N) is 6. The molecule has 0 N–H and O–H groups in total. The van der Waals surface area contributed by atoms with Crippen molar-refractivity contribution < 1.29 is 9.53 Å². The maximum atomic E-state index is 12.7.